The molecule has 1 N–H and O–H groups in total. The molecular weight excluding hydrogens is 332 g/mol. The number of hydrogen-bond acceptors (Lipinski definition) is 5. The lowest BCUT2D eigenvalue weighted by atomic mass is 10.1. The smallest absolute Gasteiger partial charge is 0.262 e. The molecule has 2 aromatic rings. The van der Waals surface area contributed by atoms with Crippen molar-refractivity contribution in [2.45, 2.75) is 6.54 Å². The molecule has 1 amide bonds. The normalized spacial score (nSPS) is 10.8. The average Bonchev–Trinajstić information content (AvgIpc) is 3.11. The summed E-state index contributed by atoms with van der Waals surface area (Å²) in [6.45, 7) is 0.185. The van der Waals surface area contributed by atoms with Crippen molar-refractivity contribution >= 4 is 23.6 Å². The van der Waals surface area contributed by atoms with Gasteiger partial charge in [-0.15, -0.1) is 0 Å². The monoisotopic (exact) mass is 346 g/mol. The highest BCUT2D eigenvalue weighted by molar-refractivity contribution is 6.34. The Morgan fingerprint density at radius 2 is 2.17 bits per heavy atom. The maximum atomic E-state index is 12.1. The van der Waals surface area contributed by atoms with Crippen molar-refractivity contribution in [3.63, 3.8) is 0 Å². The van der Waals surface area contributed by atoms with Crippen molar-refractivity contribution in [3.05, 3.63) is 52.4 Å². The molecule has 0 fully saturated rings. The van der Waals surface area contributed by atoms with Crippen LogP contribution in [-0.4, -0.2) is 20.1 Å². The number of nitriles is 1. The molecule has 0 spiro atoms. The molecule has 0 unspecified atom stereocenters. The predicted octanol–water partition coefficient (Wildman–Crippen LogP) is 3.17. The molecule has 24 heavy (non-hydrogen) atoms. The Balaban J connectivity index is 2.23. The van der Waals surface area contributed by atoms with E-state index in [9.17, 15) is 10.1 Å². The summed E-state index contributed by atoms with van der Waals surface area (Å²) in [6, 6.07) is 8.58. The summed E-state index contributed by atoms with van der Waals surface area (Å²) >= 11 is 6.25. The molecule has 1 heterocycles. The SMILES string of the molecule is COc1ccc(/C=C(\C#N)C(=O)NCc2ccco2)c(Cl)c1OC. The second kappa shape index (κ2) is 8.09. The second-order valence-corrected chi connectivity index (χ2v) is 5.01. The van der Waals surface area contributed by atoms with Crippen molar-refractivity contribution < 1.29 is 18.7 Å². The van der Waals surface area contributed by atoms with Crippen LogP contribution >= 0.6 is 11.6 Å². The lowest BCUT2D eigenvalue weighted by molar-refractivity contribution is -0.117. The summed E-state index contributed by atoms with van der Waals surface area (Å²) < 4.78 is 15.5. The van der Waals surface area contributed by atoms with E-state index >= 15 is 0 Å². The molecule has 0 radical (unpaired) electrons. The Kier molecular flexibility index (Phi) is 5.88. The average molecular weight is 347 g/mol. The van der Waals surface area contributed by atoms with Crippen LogP contribution in [0.15, 0.2) is 40.5 Å². The highest BCUT2D eigenvalue weighted by Gasteiger charge is 2.15. The van der Waals surface area contributed by atoms with E-state index in [1.807, 2.05) is 6.07 Å². The van der Waals surface area contributed by atoms with Gasteiger partial charge in [0, 0.05) is 0 Å². The van der Waals surface area contributed by atoms with Crippen LogP contribution in [0.3, 0.4) is 0 Å². The summed E-state index contributed by atoms with van der Waals surface area (Å²) in [6.07, 6.45) is 2.90. The standard InChI is InChI=1S/C17H15ClN2O4/c1-22-14-6-5-11(15(18)16(14)23-2)8-12(9-19)17(21)20-10-13-4-3-7-24-13/h3-8H,10H2,1-2H3,(H,20,21)/b12-8+. The third-order valence-corrected chi connectivity index (χ3v) is 3.57. The van der Waals surface area contributed by atoms with Crippen LogP contribution in [0.25, 0.3) is 6.08 Å². The highest BCUT2D eigenvalue weighted by atomic mass is 35.5. The van der Waals surface area contributed by atoms with Crippen LogP contribution in [0.1, 0.15) is 11.3 Å². The Bertz CT molecular complexity index is 792. The van der Waals surface area contributed by atoms with Crippen LogP contribution in [0, 0.1) is 11.3 Å². The van der Waals surface area contributed by atoms with Crippen molar-refractivity contribution in [3.8, 4) is 17.6 Å². The van der Waals surface area contributed by atoms with E-state index < -0.39 is 5.91 Å². The summed E-state index contributed by atoms with van der Waals surface area (Å²) in [4.78, 5) is 12.1. The molecule has 2 rings (SSSR count). The Labute approximate surface area is 144 Å². The number of methoxy groups -OCH3 is 2. The number of rotatable bonds is 6. The largest absolute Gasteiger partial charge is 0.493 e. The number of benzene rings is 1. The minimum absolute atomic E-state index is 0.0873. The summed E-state index contributed by atoms with van der Waals surface area (Å²) in [5, 5.41) is 12.1. The van der Waals surface area contributed by atoms with Crippen LogP contribution in [-0.2, 0) is 11.3 Å². The molecule has 0 aliphatic carbocycles. The molecule has 0 aliphatic rings. The lowest BCUT2D eigenvalue weighted by Crippen LogP contribution is -2.23. The summed E-state index contributed by atoms with van der Waals surface area (Å²) in [5.74, 6) is 0.853. The summed E-state index contributed by atoms with van der Waals surface area (Å²) in [7, 11) is 2.95. The van der Waals surface area contributed by atoms with Crippen LogP contribution in [0.5, 0.6) is 11.5 Å². The van der Waals surface area contributed by atoms with E-state index in [1.165, 1.54) is 26.6 Å². The van der Waals surface area contributed by atoms with Gasteiger partial charge < -0.3 is 19.2 Å². The number of carbonyl (C=O) groups excluding carboxylic acids is 1. The number of furan rings is 1. The van der Waals surface area contributed by atoms with Gasteiger partial charge in [-0.25, -0.2) is 0 Å². The molecule has 0 atom stereocenters. The zero-order valence-corrected chi connectivity index (χ0v) is 13.9. The first-order chi connectivity index (χ1) is 11.6. The number of carbonyl (C=O) groups is 1. The Morgan fingerprint density at radius 1 is 1.38 bits per heavy atom. The van der Waals surface area contributed by atoms with E-state index in [0.717, 1.165) is 0 Å². The fourth-order valence-corrected chi connectivity index (χ4v) is 2.28. The number of amides is 1. The van der Waals surface area contributed by atoms with Crippen LogP contribution in [0.2, 0.25) is 5.02 Å². The van der Waals surface area contributed by atoms with Gasteiger partial charge in [0.1, 0.15) is 17.4 Å². The van der Waals surface area contributed by atoms with Gasteiger partial charge in [0.15, 0.2) is 11.5 Å². The molecule has 0 aliphatic heterocycles. The van der Waals surface area contributed by atoms with Crippen LogP contribution < -0.4 is 14.8 Å². The fraction of sp³-hybridized carbons (Fsp3) is 0.176. The first-order valence-electron chi connectivity index (χ1n) is 6.93. The number of ether oxygens (including phenoxy) is 2. The second-order valence-electron chi connectivity index (χ2n) is 4.64. The van der Waals surface area contributed by atoms with Crippen molar-refractivity contribution in [2.75, 3.05) is 14.2 Å². The maximum Gasteiger partial charge on any atom is 0.262 e. The summed E-state index contributed by atoms with van der Waals surface area (Å²) in [5.41, 5.74) is 0.384. The van der Waals surface area contributed by atoms with E-state index in [4.69, 9.17) is 25.5 Å². The molecule has 124 valence electrons. The predicted molar refractivity (Wildman–Crippen MR) is 88.7 cm³/mol. The molecule has 0 saturated carbocycles. The van der Waals surface area contributed by atoms with Gasteiger partial charge in [-0.1, -0.05) is 11.6 Å². The third kappa shape index (κ3) is 3.89. The first kappa shape index (κ1) is 17.4. The topological polar surface area (TPSA) is 84.5 Å². The fourth-order valence-electron chi connectivity index (χ4n) is 2.00. The molecule has 0 bridgehead atoms. The van der Waals surface area contributed by atoms with Gasteiger partial charge in [-0.05, 0) is 35.9 Å². The van der Waals surface area contributed by atoms with E-state index in [2.05, 4.69) is 5.32 Å². The van der Waals surface area contributed by atoms with E-state index in [-0.39, 0.29) is 17.1 Å². The van der Waals surface area contributed by atoms with E-state index in [1.54, 1.807) is 24.3 Å². The zero-order valence-electron chi connectivity index (χ0n) is 13.1. The molecule has 0 saturated heterocycles. The molecule has 1 aromatic heterocycles. The van der Waals surface area contributed by atoms with Crippen molar-refractivity contribution in [2.24, 2.45) is 0 Å². The minimum atomic E-state index is -0.528. The highest BCUT2D eigenvalue weighted by Crippen LogP contribution is 2.38. The van der Waals surface area contributed by atoms with Gasteiger partial charge in [0.2, 0.25) is 0 Å². The van der Waals surface area contributed by atoms with Gasteiger partial charge in [0.05, 0.1) is 32.1 Å². The third-order valence-electron chi connectivity index (χ3n) is 3.18. The molecular formula is C17H15ClN2O4. The first-order valence-corrected chi connectivity index (χ1v) is 7.31. The number of nitrogens with zero attached hydrogens (tertiary/aromatic N) is 1. The molecule has 6 nitrogen and oxygen atoms in total. The number of nitrogens with one attached hydrogen (secondary N) is 1. The Hall–Kier alpha value is -2.91. The van der Waals surface area contributed by atoms with Gasteiger partial charge in [-0.3, -0.25) is 4.79 Å². The quantitative estimate of drug-likeness (QED) is 0.641. The molecule has 1 aromatic carbocycles. The maximum absolute atomic E-state index is 12.1. The number of hydrogen-bond donors (Lipinski definition) is 1. The van der Waals surface area contributed by atoms with Crippen LogP contribution in [0.4, 0.5) is 0 Å². The van der Waals surface area contributed by atoms with Gasteiger partial charge in [-0.2, -0.15) is 5.26 Å². The van der Waals surface area contributed by atoms with Crippen molar-refractivity contribution in [1.82, 2.24) is 5.32 Å². The van der Waals surface area contributed by atoms with E-state index in [0.29, 0.717) is 22.8 Å². The van der Waals surface area contributed by atoms with Gasteiger partial charge >= 0.3 is 0 Å². The van der Waals surface area contributed by atoms with Crippen molar-refractivity contribution in [1.29, 1.82) is 5.26 Å². The minimum Gasteiger partial charge on any atom is -0.493 e. The lowest BCUT2D eigenvalue weighted by Gasteiger charge is -2.11. The zero-order chi connectivity index (χ0) is 17.5. The Morgan fingerprint density at radius 3 is 2.75 bits per heavy atom. The number of halogens is 1. The van der Waals surface area contributed by atoms with Gasteiger partial charge in [0.25, 0.3) is 5.91 Å². The molecule has 7 heteroatoms.